The van der Waals surface area contributed by atoms with Crippen molar-refractivity contribution in [1.29, 1.82) is 0 Å². The lowest BCUT2D eigenvalue weighted by Crippen LogP contribution is -2.06. The fourth-order valence-electron chi connectivity index (χ4n) is 3.07. The van der Waals surface area contributed by atoms with E-state index in [1.807, 2.05) is 24.3 Å². The molecule has 0 aliphatic carbocycles. The van der Waals surface area contributed by atoms with Gasteiger partial charge in [0.25, 0.3) is 0 Å². The Bertz CT molecular complexity index is 1030. The smallest absolute Gasteiger partial charge is 0.185 e. The van der Waals surface area contributed by atoms with Crippen molar-refractivity contribution < 1.29 is 14.3 Å². The van der Waals surface area contributed by atoms with E-state index in [9.17, 15) is 4.79 Å². The van der Waals surface area contributed by atoms with E-state index in [-0.39, 0.29) is 5.78 Å². The predicted octanol–water partition coefficient (Wildman–Crippen LogP) is 5.06. The molecule has 0 spiro atoms. The molecular weight excluding hydrogens is 324 g/mol. The van der Waals surface area contributed by atoms with Crippen molar-refractivity contribution in [3.63, 3.8) is 0 Å². The number of carbonyl (C=O) groups is 1. The molecule has 0 fully saturated rings. The first kappa shape index (κ1) is 16.2. The summed E-state index contributed by atoms with van der Waals surface area (Å²) in [6.07, 6.45) is 5.52. The number of carbonyl (C=O) groups excluding carboxylic acids is 1. The van der Waals surface area contributed by atoms with Gasteiger partial charge in [0, 0.05) is 11.1 Å². The Morgan fingerprint density at radius 3 is 2.65 bits per heavy atom. The lowest BCUT2D eigenvalue weighted by atomic mass is 9.99. The van der Waals surface area contributed by atoms with E-state index in [2.05, 4.69) is 24.3 Å². The second-order valence-corrected chi connectivity index (χ2v) is 6.13. The zero-order valence-corrected chi connectivity index (χ0v) is 14.4. The Kier molecular flexibility index (Phi) is 4.28. The zero-order valence-electron chi connectivity index (χ0n) is 14.4. The van der Waals surface area contributed by atoms with Crippen LogP contribution in [0, 0.1) is 0 Å². The lowest BCUT2D eigenvalue weighted by Gasteiger charge is -2.18. The SMILES string of the molecule is COc1ccc(C(=O)/C=C/C2=Cc3c(ccc4ccccc34)OC2)cc1. The monoisotopic (exact) mass is 342 g/mol. The van der Waals surface area contributed by atoms with E-state index in [4.69, 9.17) is 9.47 Å². The van der Waals surface area contributed by atoms with E-state index in [1.165, 1.54) is 5.39 Å². The minimum Gasteiger partial charge on any atom is -0.497 e. The molecule has 26 heavy (non-hydrogen) atoms. The summed E-state index contributed by atoms with van der Waals surface area (Å²) in [6.45, 7) is 0.456. The van der Waals surface area contributed by atoms with Crippen molar-refractivity contribution in [2.24, 2.45) is 0 Å². The first-order valence-electron chi connectivity index (χ1n) is 8.46. The van der Waals surface area contributed by atoms with Gasteiger partial charge >= 0.3 is 0 Å². The summed E-state index contributed by atoms with van der Waals surface area (Å²) in [4.78, 5) is 12.3. The van der Waals surface area contributed by atoms with Gasteiger partial charge in [-0.25, -0.2) is 0 Å². The first-order chi connectivity index (χ1) is 12.7. The molecular formula is C23H18O3. The Morgan fingerprint density at radius 2 is 1.85 bits per heavy atom. The molecule has 0 unspecified atom stereocenters. The van der Waals surface area contributed by atoms with Crippen LogP contribution >= 0.6 is 0 Å². The Hall–Kier alpha value is -3.33. The summed E-state index contributed by atoms with van der Waals surface area (Å²) in [5, 5.41) is 2.32. The Morgan fingerprint density at radius 1 is 1.04 bits per heavy atom. The first-order valence-corrected chi connectivity index (χ1v) is 8.46. The molecule has 1 heterocycles. The number of hydrogen-bond donors (Lipinski definition) is 0. The quantitative estimate of drug-likeness (QED) is 0.491. The van der Waals surface area contributed by atoms with E-state index in [0.717, 1.165) is 28.0 Å². The van der Waals surface area contributed by atoms with Crippen molar-refractivity contribution in [2.75, 3.05) is 13.7 Å². The van der Waals surface area contributed by atoms with E-state index < -0.39 is 0 Å². The van der Waals surface area contributed by atoms with Crippen LogP contribution in [0.2, 0.25) is 0 Å². The van der Waals surface area contributed by atoms with Gasteiger partial charge < -0.3 is 9.47 Å². The molecule has 3 nitrogen and oxygen atoms in total. The standard InChI is InChI=1S/C23H18O3/c1-25-19-10-7-18(8-11-19)22(24)12-6-16-14-21-20-5-3-2-4-17(20)9-13-23(21)26-15-16/h2-14H,15H2,1H3/b12-6+. The van der Waals surface area contributed by atoms with Gasteiger partial charge in [0.15, 0.2) is 5.78 Å². The number of rotatable bonds is 4. The minimum absolute atomic E-state index is 0.0442. The normalized spacial score (nSPS) is 13.2. The number of hydrogen-bond acceptors (Lipinski definition) is 3. The van der Waals surface area contributed by atoms with Crippen LogP contribution in [0.25, 0.3) is 16.8 Å². The summed E-state index contributed by atoms with van der Waals surface area (Å²) in [7, 11) is 1.60. The van der Waals surface area contributed by atoms with E-state index in [1.54, 1.807) is 37.5 Å². The van der Waals surface area contributed by atoms with Crippen LogP contribution in [0.15, 0.2) is 78.4 Å². The lowest BCUT2D eigenvalue weighted by molar-refractivity contribution is 0.104. The predicted molar refractivity (Wildman–Crippen MR) is 104 cm³/mol. The molecule has 0 radical (unpaired) electrons. The second-order valence-electron chi connectivity index (χ2n) is 6.13. The van der Waals surface area contributed by atoms with Crippen LogP contribution < -0.4 is 9.47 Å². The van der Waals surface area contributed by atoms with Gasteiger partial charge in [-0.15, -0.1) is 0 Å². The fraction of sp³-hybridized carbons (Fsp3) is 0.0870. The van der Waals surface area contributed by atoms with Crippen LogP contribution in [0.3, 0.4) is 0 Å². The highest BCUT2D eigenvalue weighted by Gasteiger charge is 2.13. The van der Waals surface area contributed by atoms with Gasteiger partial charge in [-0.05, 0) is 58.8 Å². The number of allylic oxidation sites excluding steroid dienone is 1. The maximum absolute atomic E-state index is 12.3. The Balaban J connectivity index is 1.61. The van der Waals surface area contributed by atoms with Crippen LogP contribution in [-0.2, 0) is 0 Å². The zero-order chi connectivity index (χ0) is 17.9. The number of ether oxygens (including phenoxy) is 2. The maximum atomic E-state index is 12.3. The highest BCUT2D eigenvalue weighted by atomic mass is 16.5. The van der Waals surface area contributed by atoms with Crippen LogP contribution in [0.4, 0.5) is 0 Å². The summed E-state index contributed by atoms with van der Waals surface area (Å²) in [5.74, 6) is 1.57. The molecule has 128 valence electrons. The summed E-state index contributed by atoms with van der Waals surface area (Å²) < 4.78 is 11.0. The van der Waals surface area contributed by atoms with E-state index >= 15 is 0 Å². The van der Waals surface area contributed by atoms with Gasteiger partial charge in [-0.1, -0.05) is 36.4 Å². The molecule has 4 rings (SSSR count). The van der Waals surface area contributed by atoms with Crippen LogP contribution in [-0.4, -0.2) is 19.5 Å². The van der Waals surface area contributed by atoms with Gasteiger partial charge in [-0.2, -0.15) is 0 Å². The Labute approximate surface area is 152 Å². The number of benzene rings is 3. The number of methoxy groups -OCH3 is 1. The van der Waals surface area contributed by atoms with Gasteiger partial charge in [-0.3, -0.25) is 4.79 Å². The molecule has 0 saturated carbocycles. The van der Waals surface area contributed by atoms with Crippen molar-refractivity contribution in [1.82, 2.24) is 0 Å². The van der Waals surface area contributed by atoms with Gasteiger partial charge in [0.05, 0.1) is 7.11 Å². The summed E-state index contributed by atoms with van der Waals surface area (Å²) in [5.41, 5.74) is 2.66. The molecule has 3 heteroatoms. The van der Waals surface area contributed by atoms with Gasteiger partial charge in [0.1, 0.15) is 18.1 Å². The summed E-state index contributed by atoms with van der Waals surface area (Å²) >= 11 is 0. The van der Waals surface area contributed by atoms with Crippen LogP contribution in [0.5, 0.6) is 11.5 Å². The molecule has 3 aromatic carbocycles. The van der Waals surface area contributed by atoms with Crippen molar-refractivity contribution in [2.45, 2.75) is 0 Å². The third kappa shape index (κ3) is 3.11. The molecule has 0 aromatic heterocycles. The molecule has 0 saturated heterocycles. The number of fused-ring (bicyclic) bond motifs is 3. The average molecular weight is 342 g/mol. The summed E-state index contributed by atoms with van der Waals surface area (Å²) in [6, 6.07) is 19.4. The molecule has 0 bridgehead atoms. The topological polar surface area (TPSA) is 35.5 Å². The van der Waals surface area contributed by atoms with Crippen molar-refractivity contribution in [3.8, 4) is 11.5 Å². The van der Waals surface area contributed by atoms with Crippen molar-refractivity contribution >= 4 is 22.6 Å². The highest BCUT2D eigenvalue weighted by Crippen LogP contribution is 2.33. The molecule has 0 N–H and O–H groups in total. The largest absolute Gasteiger partial charge is 0.497 e. The average Bonchev–Trinajstić information content (AvgIpc) is 2.71. The molecule has 3 aromatic rings. The van der Waals surface area contributed by atoms with Gasteiger partial charge in [0.2, 0.25) is 0 Å². The third-order valence-electron chi connectivity index (χ3n) is 4.48. The molecule has 0 amide bonds. The number of ketones is 1. The minimum atomic E-state index is -0.0442. The van der Waals surface area contributed by atoms with E-state index in [0.29, 0.717) is 12.2 Å². The molecule has 1 aliphatic heterocycles. The molecule has 0 atom stereocenters. The second kappa shape index (κ2) is 6.89. The van der Waals surface area contributed by atoms with Crippen molar-refractivity contribution in [3.05, 3.63) is 89.5 Å². The maximum Gasteiger partial charge on any atom is 0.185 e. The fourth-order valence-corrected chi connectivity index (χ4v) is 3.07. The molecule has 1 aliphatic rings. The highest BCUT2D eigenvalue weighted by molar-refractivity contribution is 6.05. The van der Waals surface area contributed by atoms with Crippen LogP contribution in [0.1, 0.15) is 15.9 Å². The third-order valence-corrected chi connectivity index (χ3v) is 4.48.